The fraction of sp³-hybridized carbons (Fsp3) is 0.0714. The Kier molecular flexibility index (Phi) is 11.3. The number of nitrogens with zero attached hydrogens (tertiary/aromatic N) is 2. The molecule has 0 amide bonds. The molecule has 0 bridgehead atoms. The van der Waals surface area contributed by atoms with E-state index in [0.29, 0.717) is 0 Å². The first kappa shape index (κ1) is 37.7. The van der Waals surface area contributed by atoms with Gasteiger partial charge in [-0.2, -0.15) is 0 Å². The SMILES string of the molecule is Cc1ccc(N(c2ccccc2)c2ccc(/C=C/c3ccc(-c4ccc(/C=C/c5ccc(N(c6ccccc6)c6ccc(C)cc6C)cc5)cc4)cc3)cc2)c(C)c1. The summed E-state index contributed by atoms with van der Waals surface area (Å²) in [6.07, 6.45) is 8.73. The lowest BCUT2D eigenvalue weighted by Gasteiger charge is -2.27. The van der Waals surface area contributed by atoms with Gasteiger partial charge in [-0.05, 0) is 133 Å². The minimum atomic E-state index is 1.13. The van der Waals surface area contributed by atoms with Crippen LogP contribution in [0.15, 0.2) is 194 Å². The first-order valence-electron chi connectivity index (χ1n) is 20.0. The van der Waals surface area contributed by atoms with Crippen LogP contribution in [0, 0.1) is 27.7 Å². The van der Waals surface area contributed by atoms with Crippen molar-refractivity contribution in [2.24, 2.45) is 0 Å². The topological polar surface area (TPSA) is 6.48 Å². The predicted molar refractivity (Wildman–Crippen MR) is 251 cm³/mol. The summed E-state index contributed by atoms with van der Waals surface area (Å²) in [5.41, 5.74) is 19.0. The lowest BCUT2D eigenvalue weighted by molar-refractivity contribution is 1.24. The average molecular weight is 749 g/mol. The molecule has 282 valence electrons. The Morgan fingerprint density at radius 2 is 0.586 bits per heavy atom. The van der Waals surface area contributed by atoms with Crippen LogP contribution >= 0.6 is 0 Å². The molecule has 0 aliphatic carbocycles. The van der Waals surface area contributed by atoms with Crippen molar-refractivity contribution >= 4 is 58.4 Å². The second-order valence-electron chi connectivity index (χ2n) is 15.0. The summed E-state index contributed by atoms with van der Waals surface area (Å²) < 4.78 is 0. The highest BCUT2D eigenvalue weighted by atomic mass is 15.1. The fourth-order valence-corrected chi connectivity index (χ4v) is 7.55. The van der Waals surface area contributed by atoms with Crippen LogP contribution in [0.1, 0.15) is 44.5 Å². The van der Waals surface area contributed by atoms with Crippen LogP contribution in [0.5, 0.6) is 0 Å². The number of rotatable bonds is 11. The van der Waals surface area contributed by atoms with Crippen LogP contribution in [-0.2, 0) is 0 Å². The number of hydrogen-bond donors (Lipinski definition) is 0. The van der Waals surface area contributed by atoms with Gasteiger partial charge in [-0.15, -0.1) is 0 Å². The Hall–Kier alpha value is -7.16. The molecule has 0 spiro atoms. The van der Waals surface area contributed by atoms with Gasteiger partial charge < -0.3 is 9.80 Å². The smallest absolute Gasteiger partial charge is 0.0490 e. The van der Waals surface area contributed by atoms with E-state index < -0.39 is 0 Å². The minimum absolute atomic E-state index is 1.13. The van der Waals surface area contributed by atoms with E-state index in [0.717, 1.165) is 33.9 Å². The van der Waals surface area contributed by atoms with Crippen molar-refractivity contribution in [1.29, 1.82) is 0 Å². The molecule has 0 aromatic heterocycles. The molecular formula is C56H48N2. The monoisotopic (exact) mass is 748 g/mol. The molecule has 0 fully saturated rings. The molecule has 8 aromatic rings. The van der Waals surface area contributed by atoms with E-state index in [1.54, 1.807) is 0 Å². The first-order chi connectivity index (χ1) is 28.4. The quantitative estimate of drug-likeness (QED) is 0.122. The third-order valence-corrected chi connectivity index (χ3v) is 10.6. The molecule has 2 heteroatoms. The summed E-state index contributed by atoms with van der Waals surface area (Å²) in [6, 6.07) is 69.6. The van der Waals surface area contributed by atoms with Gasteiger partial charge in [-0.3, -0.25) is 0 Å². The molecule has 58 heavy (non-hydrogen) atoms. The maximum atomic E-state index is 2.33. The van der Waals surface area contributed by atoms with Gasteiger partial charge in [0.1, 0.15) is 0 Å². The van der Waals surface area contributed by atoms with Crippen molar-refractivity contribution < 1.29 is 0 Å². The maximum Gasteiger partial charge on any atom is 0.0490 e. The Morgan fingerprint density at radius 3 is 0.897 bits per heavy atom. The molecule has 0 aliphatic heterocycles. The normalized spacial score (nSPS) is 11.3. The second kappa shape index (κ2) is 17.3. The molecule has 8 rings (SSSR count). The lowest BCUT2D eigenvalue weighted by Crippen LogP contribution is -2.11. The Morgan fingerprint density at radius 1 is 0.293 bits per heavy atom. The molecule has 0 heterocycles. The highest BCUT2D eigenvalue weighted by Gasteiger charge is 2.16. The van der Waals surface area contributed by atoms with Gasteiger partial charge in [-0.1, -0.05) is 169 Å². The molecule has 0 atom stereocenters. The number of aryl methyl sites for hydroxylation is 4. The van der Waals surface area contributed by atoms with Gasteiger partial charge >= 0.3 is 0 Å². The number of hydrogen-bond acceptors (Lipinski definition) is 2. The number of anilines is 6. The van der Waals surface area contributed by atoms with Crippen molar-refractivity contribution in [2.45, 2.75) is 27.7 Å². The van der Waals surface area contributed by atoms with Crippen molar-refractivity contribution in [1.82, 2.24) is 0 Å². The van der Waals surface area contributed by atoms with Crippen LogP contribution in [0.3, 0.4) is 0 Å². The predicted octanol–water partition coefficient (Wildman–Crippen LogP) is 15.9. The zero-order chi connectivity index (χ0) is 39.8. The zero-order valence-electron chi connectivity index (χ0n) is 33.7. The fourth-order valence-electron chi connectivity index (χ4n) is 7.55. The molecule has 2 nitrogen and oxygen atoms in total. The van der Waals surface area contributed by atoms with Crippen molar-refractivity contribution in [3.05, 3.63) is 239 Å². The summed E-state index contributed by atoms with van der Waals surface area (Å²) in [6.45, 7) is 8.65. The van der Waals surface area contributed by atoms with Gasteiger partial charge in [0.2, 0.25) is 0 Å². The van der Waals surface area contributed by atoms with Gasteiger partial charge in [0.25, 0.3) is 0 Å². The maximum absolute atomic E-state index is 2.33. The van der Waals surface area contributed by atoms with Crippen LogP contribution in [0.4, 0.5) is 34.1 Å². The summed E-state index contributed by atoms with van der Waals surface area (Å²) in [4.78, 5) is 4.66. The van der Waals surface area contributed by atoms with Crippen LogP contribution in [0.2, 0.25) is 0 Å². The van der Waals surface area contributed by atoms with E-state index in [1.165, 1.54) is 55.9 Å². The molecule has 0 N–H and O–H groups in total. The standard InChI is InChI=1S/C56H48N2/c1-41-15-37-55(43(3)39-41)57(51-11-7-5-8-12-51)53-33-25-47(26-34-53)19-17-45-21-29-49(30-22-45)50-31-23-46(24-32-50)18-20-48-27-35-54(36-28-48)58(52-13-9-6-10-14-52)56-38-16-42(2)40-44(56)4/h5-40H,1-4H3/b19-17+,20-18+. The molecule has 0 radical (unpaired) electrons. The van der Waals surface area contributed by atoms with Crippen LogP contribution in [0.25, 0.3) is 35.4 Å². The van der Waals surface area contributed by atoms with E-state index in [2.05, 4.69) is 256 Å². The number of para-hydroxylation sites is 2. The van der Waals surface area contributed by atoms with Gasteiger partial charge in [-0.25, -0.2) is 0 Å². The van der Waals surface area contributed by atoms with Gasteiger partial charge in [0.05, 0.1) is 0 Å². The third-order valence-electron chi connectivity index (χ3n) is 10.6. The lowest BCUT2D eigenvalue weighted by atomic mass is 10.0. The van der Waals surface area contributed by atoms with Crippen molar-refractivity contribution in [2.75, 3.05) is 9.80 Å². The molecule has 0 unspecified atom stereocenters. The Balaban J connectivity index is 0.915. The summed E-state index contributed by atoms with van der Waals surface area (Å²) in [7, 11) is 0. The highest BCUT2D eigenvalue weighted by Crippen LogP contribution is 2.38. The van der Waals surface area contributed by atoms with Crippen LogP contribution < -0.4 is 9.80 Å². The van der Waals surface area contributed by atoms with E-state index in [4.69, 9.17) is 0 Å². The summed E-state index contributed by atoms with van der Waals surface area (Å²) in [5.74, 6) is 0. The van der Waals surface area contributed by atoms with Crippen molar-refractivity contribution in [3.63, 3.8) is 0 Å². The Labute approximate surface area is 344 Å². The van der Waals surface area contributed by atoms with E-state index >= 15 is 0 Å². The zero-order valence-corrected chi connectivity index (χ0v) is 33.7. The summed E-state index contributed by atoms with van der Waals surface area (Å²) in [5, 5.41) is 0. The molecule has 0 aliphatic rings. The largest absolute Gasteiger partial charge is 0.310 e. The minimum Gasteiger partial charge on any atom is -0.310 e. The third kappa shape index (κ3) is 8.78. The van der Waals surface area contributed by atoms with Gasteiger partial charge in [0.15, 0.2) is 0 Å². The number of benzene rings is 8. The molecule has 0 saturated carbocycles. The highest BCUT2D eigenvalue weighted by molar-refractivity contribution is 5.82. The van der Waals surface area contributed by atoms with Crippen molar-refractivity contribution in [3.8, 4) is 11.1 Å². The van der Waals surface area contributed by atoms with E-state index in [9.17, 15) is 0 Å². The van der Waals surface area contributed by atoms with E-state index in [-0.39, 0.29) is 0 Å². The second-order valence-corrected chi connectivity index (χ2v) is 15.0. The molecule has 8 aromatic carbocycles. The Bertz CT molecular complexity index is 2460. The molecular weight excluding hydrogens is 701 g/mol. The first-order valence-corrected chi connectivity index (χ1v) is 20.0. The summed E-state index contributed by atoms with van der Waals surface area (Å²) >= 11 is 0. The van der Waals surface area contributed by atoms with Crippen LogP contribution in [-0.4, -0.2) is 0 Å². The average Bonchev–Trinajstić information content (AvgIpc) is 3.26. The van der Waals surface area contributed by atoms with Gasteiger partial charge in [0, 0.05) is 34.1 Å². The van der Waals surface area contributed by atoms with E-state index in [1.807, 2.05) is 0 Å². The molecule has 0 saturated heterocycles.